The third kappa shape index (κ3) is 5.33. The first kappa shape index (κ1) is 24.0. The molecule has 1 aromatic heterocycles. The number of ether oxygens (including phenoxy) is 2. The summed E-state index contributed by atoms with van der Waals surface area (Å²) < 4.78 is 47.7. The molecule has 7 nitrogen and oxygen atoms in total. The third-order valence-electron chi connectivity index (χ3n) is 4.96. The van der Waals surface area contributed by atoms with Crippen LogP contribution in [0.15, 0.2) is 60.7 Å². The Hall–Kier alpha value is -4.18. The average molecular weight is 506 g/mol. The molecule has 0 saturated carbocycles. The Morgan fingerprint density at radius 2 is 1.54 bits per heavy atom. The van der Waals surface area contributed by atoms with Gasteiger partial charge in [-0.25, -0.2) is 4.79 Å². The number of aromatic amines is 1. The normalized spacial score (nSPS) is 11.4. The summed E-state index contributed by atoms with van der Waals surface area (Å²) >= 11 is 5.92. The monoisotopic (exact) mass is 505 g/mol. The summed E-state index contributed by atoms with van der Waals surface area (Å²) in [5.74, 6) is -2.54. The molecule has 3 N–H and O–H groups in total. The lowest BCUT2D eigenvalue weighted by Gasteiger charge is -2.15. The molecule has 11 heteroatoms. The maximum atomic E-state index is 12.6. The average Bonchev–Trinajstić information content (AvgIpc) is 3.12. The predicted octanol–water partition coefficient (Wildman–Crippen LogP) is 6.50. The van der Waals surface area contributed by atoms with E-state index >= 15 is 0 Å². The molecule has 0 saturated heterocycles. The molecular weight excluding hydrogens is 491 g/mol. The van der Waals surface area contributed by atoms with E-state index in [2.05, 4.69) is 9.72 Å². The second-order valence-electron chi connectivity index (χ2n) is 7.34. The number of alkyl halides is 3. The van der Waals surface area contributed by atoms with Gasteiger partial charge in [0, 0.05) is 27.2 Å². The molecule has 3 aromatic carbocycles. The van der Waals surface area contributed by atoms with Gasteiger partial charge in [-0.15, -0.1) is 13.2 Å². The van der Waals surface area contributed by atoms with Crippen molar-refractivity contribution in [2.75, 3.05) is 0 Å². The first-order valence-electron chi connectivity index (χ1n) is 9.94. The summed E-state index contributed by atoms with van der Waals surface area (Å²) in [6.07, 6.45) is -5.46. The molecule has 0 unspecified atom stereocenters. The van der Waals surface area contributed by atoms with Crippen molar-refractivity contribution in [2.24, 2.45) is 0 Å². The number of nitrogens with one attached hydrogen (secondary N) is 1. The molecule has 0 bridgehead atoms. The second kappa shape index (κ2) is 9.22. The van der Waals surface area contributed by atoms with E-state index in [1.165, 1.54) is 18.2 Å². The van der Waals surface area contributed by atoms with Crippen molar-refractivity contribution in [1.29, 1.82) is 0 Å². The van der Waals surface area contributed by atoms with E-state index in [-0.39, 0.29) is 28.0 Å². The van der Waals surface area contributed by atoms with Gasteiger partial charge < -0.3 is 24.7 Å². The summed E-state index contributed by atoms with van der Waals surface area (Å²) in [5.41, 5.74) is 0.544. The van der Waals surface area contributed by atoms with Crippen LogP contribution in [0.2, 0.25) is 5.02 Å². The summed E-state index contributed by atoms with van der Waals surface area (Å²) in [6.45, 7) is 0. The van der Waals surface area contributed by atoms with Crippen LogP contribution < -0.4 is 9.47 Å². The smallest absolute Gasteiger partial charge is 0.481 e. The third-order valence-corrected chi connectivity index (χ3v) is 5.22. The van der Waals surface area contributed by atoms with Crippen LogP contribution in [0, 0.1) is 0 Å². The van der Waals surface area contributed by atoms with E-state index in [0.717, 1.165) is 12.1 Å². The number of halogens is 4. The Bertz CT molecular complexity index is 1410. The Labute approximate surface area is 200 Å². The fourth-order valence-corrected chi connectivity index (χ4v) is 3.79. The number of rotatable bonds is 7. The minimum absolute atomic E-state index is 0.0399. The molecule has 180 valence electrons. The Morgan fingerprint density at radius 1 is 0.914 bits per heavy atom. The molecule has 0 fully saturated rings. The van der Waals surface area contributed by atoms with Crippen LogP contribution in [0.1, 0.15) is 16.1 Å². The highest BCUT2D eigenvalue weighted by Crippen LogP contribution is 2.42. The van der Waals surface area contributed by atoms with Crippen molar-refractivity contribution in [2.45, 2.75) is 12.8 Å². The van der Waals surface area contributed by atoms with Gasteiger partial charge in [-0.3, -0.25) is 4.79 Å². The van der Waals surface area contributed by atoms with Crippen molar-refractivity contribution < 1.29 is 42.4 Å². The van der Waals surface area contributed by atoms with Crippen LogP contribution in [0.5, 0.6) is 17.2 Å². The topological polar surface area (TPSA) is 109 Å². The number of aromatic carboxylic acids is 1. The number of benzene rings is 3. The zero-order valence-electron chi connectivity index (χ0n) is 17.5. The molecule has 4 rings (SSSR count). The standard InChI is InChI=1S/C24H15ClF3NO6/c25-13-3-7-14(8-4-13)34-18-10-9-16-21(22(23(32)33)17(29-16)11-19(30)31)20(18)12-1-5-15(6-2-12)35-24(26,27)28/h1-10,29H,11H2,(H,30,31)(H,32,33). The number of carboxylic acids is 2. The van der Waals surface area contributed by atoms with Gasteiger partial charge in [0.05, 0.1) is 12.0 Å². The largest absolute Gasteiger partial charge is 0.573 e. The predicted molar refractivity (Wildman–Crippen MR) is 120 cm³/mol. The van der Waals surface area contributed by atoms with E-state index < -0.39 is 30.5 Å². The number of aliphatic carboxylic acids is 1. The first-order valence-corrected chi connectivity index (χ1v) is 10.3. The van der Waals surface area contributed by atoms with Gasteiger partial charge in [0.15, 0.2) is 0 Å². The highest BCUT2D eigenvalue weighted by molar-refractivity contribution is 6.30. The number of hydrogen-bond acceptors (Lipinski definition) is 4. The van der Waals surface area contributed by atoms with Crippen LogP contribution in [0.4, 0.5) is 13.2 Å². The van der Waals surface area contributed by atoms with Gasteiger partial charge in [-0.05, 0) is 54.1 Å². The molecule has 0 aliphatic carbocycles. The molecule has 0 spiro atoms. The van der Waals surface area contributed by atoms with Gasteiger partial charge in [-0.2, -0.15) is 0 Å². The van der Waals surface area contributed by atoms with Crippen LogP contribution >= 0.6 is 11.6 Å². The molecule has 0 aliphatic rings. The van der Waals surface area contributed by atoms with E-state index in [1.54, 1.807) is 30.3 Å². The van der Waals surface area contributed by atoms with Crippen molar-refractivity contribution >= 4 is 34.4 Å². The van der Waals surface area contributed by atoms with Gasteiger partial charge in [0.2, 0.25) is 0 Å². The van der Waals surface area contributed by atoms with Crippen LogP contribution in [0.25, 0.3) is 22.0 Å². The fraction of sp³-hybridized carbons (Fsp3) is 0.0833. The lowest BCUT2D eigenvalue weighted by atomic mass is 9.96. The molecule has 0 atom stereocenters. The molecular formula is C24H15ClF3NO6. The number of H-pyrrole nitrogens is 1. The number of carbonyl (C=O) groups is 2. The van der Waals surface area contributed by atoms with Crippen molar-refractivity contribution in [1.82, 2.24) is 4.98 Å². The SMILES string of the molecule is O=C(O)Cc1[nH]c2ccc(Oc3ccc(Cl)cc3)c(-c3ccc(OC(F)(F)F)cc3)c2c1C(=O)O. The lowest BCUT2D eigenvalue weighted by molar-refractivity contribution is -0.274. The van der Waals surface area contributed by atoms with Gasteiger partial charge >= 0.3 is 18.3 Å². The summed E-state index contributed by atoms with van der Waals surface area (Å²) in [5, 5.41) is 19.7. The van der Waals surface area contributed by atoms with E-state index in [0.29, 0.717) is 21.9 Å². The van der Waals surface area contributed by atoms with Crippen molar-refractivity contribution in [3.63, 3.8) is 0 Å². The molecule has 4 aromatic rings. The maximum absolute atomic E-state index is 12.6. The number of fused-ring (bicyclic) bond motifs is 1. The Kier molecular flexibility index (Phi) is 6.31. The second-order valence-corrected chi connectivity index (χ2v) is 7.78. The minimum Gasteiger partial charge on any atom is -0.481 e. The Balaban J connectivity index is 1.94. The summed E-state index contributed by atoms with van der Waals surface area (Å²) in [6, 6.07) is 14.2. The van der Waals surface area contributed by atoms with Gasteiger partial charge in [0.25, 0.3) is 0 Å². The molecule has 0 amide bonds. The number of carboxylic acid groups (broad SMARTS) is 2. The van der Waals surface area contributed by atoms with Crippen LogP contribution in [0.3, 0.4) is 0 Å². The quantitative estimate of drug-likeness (QED) is 0.264. The van der Waals surface area contributed by atoms with E-state index in [9.17, 15) is 33.0 Å². The van der Waals surface area contributed by atoms with Crippen molar-refractivity contribution in [3.05, 3.63) is 76.9 Å². The highest BCUT2D eigenvalue weighted by atomic mass is 35.5. The van der Waals surface area contributed by atoms with Gasteiger partial charge in [0.1, 0.15) is 17.2 Å². The van der Waals surface area contributed by atoms with E-state index in [4.69, 9.17) is 16.3 Å². The van der Waals surface area contributed by atoms with Crippen LogP contribution in [-0.2, 0) is 11.2 Å². The van der Waals surface area contributed by atoms with E-state index in [1.807, 2.05) is 0 Å². The zero-order valence-corrected chi connectivity index (χ0v) is 18.3. The number of hydrogen-bond donors (Lipinski definition) is 3. The zero-order chi connectivity index (χ0) is 25.3. The van der Waals surface area contributed by atoms with Gasteiger partial charge in [-0.1, -0.05) is 23.7 Å². The number of aromatic nitrogens is 1. The first-order chi connectivity index (χ1) is 16.5. The molecule has 35 heavy (non-hydrogen) atoms. The fourth-order valence-electron chi connectivity index (χ4n) is 3.67. The molecule has 1 heterocycles. The molecule has 0 radical (unpaired) electrons. The molecule has 0 aliphatic heterocycles. The maximum Gasteiger partial charge on any atom is 0.573 e. The minimum atomic E-state index is -4.88. The van der Waals surface area contributed by atoms with Crippen molar-refractivity contribution in [3.8, 4) is 28.4 Å². The lowest BCUT2D eigenvalue weighted by Crippen LogP contribution is -2.16. The summed E-state index contributed by atoms with van der Waals surface area (Å²) in [7, 11) is 0. The highest BCUT2D eigenvalue weighted by Gasteiger charge is 2.31. The Morgan fingerprint density at radius 3 is 2.11 bits per heavy atom. The summed E-state index contributed by atoms with van der Waals surface area (Å²) in [4.78, 5) is 26.3. The van der Waals surface area contributed by atoms with Crippen LogP contribution in [-0.4, -0.2) is 33.5 Å².